The maximum Gasteiger partial charge on any atom is 0.257 e. The second-order valence-electron chi connectivity index (χ2n) is 5.49. The molecule has 5 heteroatoms. The summed E-state index contributed by atoms with van der Waals surface area (Å²) < 4.78 is 4.98. The summed E-state index contributed by atoms with van der Waals surface area (Å²) in [5.41, 5.74) is 2.01. The summed E-state index contributed by atoms with van der Waals surface area (Å²) >= 11 is 1.80. The number of carbonyl (C=O) groups is 1. The van der Waals surface area contributed by atoms with E-state index >= 15 is 0 Å². The van der Waals surface area contributed by atoms with Crippen LogP contribution in [-0.2, 0) is 6.54 Å². The first-order chi connectivity index (χ1) is 10.2. The van der Waals surface area contributed by atoms with Crippen LogP contribution in [0.2, 0.25) is 0 Å². The second kappa shape index (κ2) is 6.45. The minimum Gasteiger partial charge on any atom is -0.472 e. The maximum atomic E-state index is 12.2. The van der Waals surface area contributed by atoms with Gasteiger partial charge in [-0.05, 0) is 42.8 Å². The molecule has 0 saturated carbocycles. The van der Waals surface area contributed by atoms with Gasteiger partial charge in [0.1, 0.15) is 6.26 Å². The van der Waals surface area contributed by atoms with Crippen LogP contribution in [0.5, 0.6) is 0 Å². The molecule has 1 aliphatic rings. The summed E-state index contributed by atoms with van der Waals surface area (Å²) in [5.74, 6) is 0.0799. The van der Waals surface area contributed by atoms with E-state index in [1.54, 1.807) is 23.7 Å². The van der Waals surface area contributed by atoms with E-state index < -0.39 is 0 Å². The molecule has 0 atom stereocenters. The summed E-state index contributed by atoms with van der Waals surface area (Å²) in [7, 11) is 0. The first-order valence-corrected chi connectivity index (χ1v) is 8.20. The number of thiophene rings is 1. The molecule has 0 spiro atoms. The van der Waals surface area contributed by atoms with Crippen molar-refractivity contribution in [2.45, 2.75) is 32.4 Å². The number of likely N-dealkylation sites (tertiary alicyclic amines) is 1. The average molecular weight is 304 g/mol. The Morgan fingerprint density at radius 2 is 2.24 bits per heavy atom. The molecule has 3 rings (SSSR count). The number of nitrogens with zero attached hydrogens (tertiary/aromatic N) is 1. The lowest BCUT2D eigenvalue weighted by molar-refractivity contribution is 0.0704. The zero-order chi connectivity index (χ0) is 14.7. The standard InChI is InChI=1S/C16H20N2O2S/c1-12-5-9-21-15(12)10-17-14-2-6-18(7-3-14)16(19)13-4-8-20-11-13/h4-5,8-9,11,14,17H,2-3,6-7,10H2,1H3. The SMILES string of the molecule is Cc1ccsc1CNC1CCN(C(=O)c2ccoc2)CC1. The van der Waals surface area contributed by atoms with Crippen LogP contribution >= 0.6 is 11.3 Å². The van der Waals surface area contributed by atoms with Gasteiger partial charge in [-0.1, -0.05) is 0 Å². The van der Waals surface area contributed by atoms with Crippen molar-refractivity contribution in [1.82, 2.24) is 10.2 Å². The van der Waals surface area contributed by atoms with Gasteiger partial charge in [0.25, 0.3) is 5.91 Å². The molecule has 0 radical (unpaired) electrons. The summed E-state index contributed by atoms with van der Waals surface area (Å²) in [4.78, 5) is 15.5. The highest BCUT2D eigenvalue weighted by Crippen LogP contribution is 2.18. The zero-order valence-corrected chi connectivity index (χ0v) is 13.0. The van der Waals surface area contributed by atoms with Crippen LogP contribution in [0, 0.1) is 6.92 Å². The van der Waals surface area contributed by atoms with Crippen molar-refractivity contribution in [3.63, 3.8) is 0 Å². The molecule has 1 amide bonds. The molecular weight excluding hydrogens is 284 g/mol. The molecule has 0 bridgehead atoms. The van der Waals surface area contributed by atoms with Crippen molar-refractivity contribution in [3.8, 4) is 0 Å². The van der Waals surface area contributed by atoms with Gasteiger partial charge in [-0.2, -0.15) is 0 Å². The van der Waals surface area contributed by atoms with E-state index in [1.807, 2.05) is 4.90 Å². The van der Waals surface area contributed by atoms with E-state index in [9.17, 15) is 4.79 Å². The number of hydrogen-bond donors (Lipinski definition) is 1. The van der Waals surface area contributed by atoms with E-state index in [0.717, 1.165) is 32.5 Å². The fraction of sp³-hybridized carbons (Fsp3) is 0.438. The van der Waals surface area contributed by atoms with E-state index in [1.165, 1.54) is 16.7 Å². The number of amides is 1. The molecule has 1 aliphatic heterocycles. The number of furan rings is 1. The van der Waals surface area contributed by atoms with Gasteiger partial charge in [-0.25, -0.2) is 0 Å². The maximum absolute atomic E-state index is 12.2. The van der Waals surface area contributed by atoms with Gasteiger partial charge in [0.2, 0.25) is 0 Å². The van der Waals surface area contributed by atoms with Crippen LogP contribution in [0.15, 0.2) is 34.5 Å². The predicted octanol–water partition coefficient (Wildman–Crippen LogP) is 3.04. The lowest BCUT2D eigenvalue weighted by Crippen LogP contribution is -2.44. The molecule has 3 heterocycles. The number of piperidine rings is 1. The molecule has 2 aromatic rings. The van der Waals surface area contributed by atoms with Crippen LogP contribution in [0.3, 0.4) is 0 Å². The van der Waals surface area contributed by atoms with E-state index in [4.69, 9.17) is 4.42 Å². The highest BCUT2D eigenvalue weighted by molar-refractivity contribution is 7.10. The van der Waals surface area contributed by atoms with Gasteiger partial charge in [0, 0.05) is 30.6 Å². The molecule has 21 heavy (non-hydrogen) atoms. The average Bonchev–Trinajstić information content (AvgIpc) is 3.17. The van der Waals surface area contributed by atoms with Crippen molar-refractivity contribution in [2.24, 2.45) is 0 Å². The minimum atomic E-state index is 0.0799. The number of rotatable bonds is 4. The van der Waals surface area contributed by atoms with E-state index in [2.05, 4.69) is 23.7 Å². The summed E-state index contributed by atoms with van der Waals surface area (Å²) in [6.45, 7) is 4.71. The molecule has 0 aliphatic carbocycles. The van der Waals surface area contributed by atoms with Crippen LogP contribution in [0.25, 0.3) is 0 Å². The largest absolute Gasteiger partial charge is 0.472 e. The quantitative estimate of drug-likeness (QED) is 0.944. The Hall–Kier alpha value is -1.59. The summed E-state index contributed by atoms with van der Waals surface area (Å²) in [6.07, 6.45) is 5.08. The van der Waals surface area contributed by atoms with Gasteiger partial charge < -0.3 is 14.6 Å². The number of hydrogen-bond acceptors (Lipinski definition) is 4. The second-order valence-corrected chi connectivity index (χ2v) is 6.49. The molecule has 1 N–H and O–H groups in total. The zero-order valence-electron chi connectivity index (χ0n) is 12.2. The van der Waals surface area contributed by atoms with Crippen LogP contribution < -0.4 is 5.32 Å². The fourth-order valence-electron chi connectivity index (χ4n) is 2.68. The monoisotopic (exact) mass is 304 g/mol. The Morgan fingerprint density at radius 1 is 1.43 bits per heavy atom. The topological polar surface area (TPSA) is 45.5 Å². The molecular formula is C16H20N2O2S. The first-order valence-electron chi connectivity index (χ1n) is 7.32. The van der Waals surface area contributed by atoms with Gasteiger partial charge in [0.05, 0.1) is 11.8 Å². The Balaban J connectivity index is 1.47. The lowest BCUT2D eigenvalue weighted by Gasteiger charge is -2.32. The summed E-state index contributed by atoms with van der Waals surface area (Å²) in [6, 6.07) is 4.39. The Kier molecular flexibility index (Phi) is 4.41. The van der Waals surface area contributed by atoms with Gasteiger partial charge in [0.15, 0.2) is 0 Å². The molecule has 4 nitrogen and oxygen atoms in total. The van der Waals surface area contributed by atoms with E-state index in [0.29, 0.717) is 11.6 Å². The predicted molar refractivity (Wildman–Crippen MR) is 83.5 cm³/mol. The third-order valence-electron chi connectivity index (χ3n) is 4.07. The Bertz CT molecular complexity index is 583. The van der Waals surface area contributed by atoms with Crippen LogP contribution in [0.1, 0.15) is 33.6 Å². The fourth-order valence-corrected chi connectivity index (χ4v) is 3.53. The third-order valence-corrected chi connectivity index (χ3v) is 5.09. The minimum absolute atomic E-state index is 0.0799. The molecule has 1 fully saturated rings. The van der Waals surface area contributed by atoms with Crippen LogP contribution in [0.4, 0.5) is 0 Å². The van der Waals surface area contributed by atoms with Crippen molar-refractivity contribution in [3.05, 3.63) is 46.0 Å². The Labute approximate surface area is 128 Å². The van der Waals surface area contributed by atoms with Gasteiger partial charge >= 0.3 is 0 Å². The summed E-state index contributed by atoms with van der Waals surface area (Å²) in [5, 5.41) is 5.75. The van der Waals surface area contributed by atoms with Crippen molar-refractivity contribution in [2.75, 3.05) is 13.1 Å². The highest BCUT2D eigenvalue weighted by atomic mass is 32.1. The number of nitrogens with one attached hydrogen (secondary N) is 1. The Morgan fingerprint density at radius 3 is 2.86 bits per heavy atom. The number of carbonyl (C=O) groups excluding carboxylic acids is 1. The third kappa shape index (κ3) is 3.36. The van der Waals surface area contributed by atoms with Crippen LogP contribution in [-0.4, -0.2) is 29.9 Å². The molecule has 0 unspecified atom stereocenters. The molecule has 2 aromatic heterocycles. The van der Waals surface area contributed by atoms with Crippen molar-refractivity contribution in [1.29, 1.82) is 0 Å². The van der Waals surface area contributed by atoms with Crippen molar-refractivity contribution >= 4 is 17.2 Å². The molecule has 0 aromatic carbocycles. The van der Waals surface area contributed by atoms with Crippen molar-refractivity contribution < 1.29 is 9.21 Å². The first kappa shape index (κ1) is 14.4. The molecule has 1 saturated heterocycles. The highest BCUT2D eigenvalue weighted by Gasteiger charge is 2.23. The van der Waals surface area contributed by atoms with Gasteiger partial charge in [-0.3, -0.25) is 4.79 Å². The smallest absolute Gasteiger partial charge is 0.257 e. The van der Waals surface area contributed by atoms with E-state index in [-0.39, 0.29) is 5.91 Å². The van der Waals surface area contributed by atoms with Gasteiger partial charge in [-0.15, -0.1) is 11.3 Å². The lowest BCUT2D eigenvalue weighted by atomic mass is 10.0. The normalized spacial score (nSPS) is 16.3. The number of aryl methyl sites for hydroxylation is 1. The molecule has 112 valence electrons.